The number of nitriles is 1. The van der Waals surface area contributed by atoms with Gasteiger partial charge in [0.15, 0.2) is 5.38 Å². The Hall–Kier alpha value is -0.220. The van der Waals surface area contributed by atoms with Crippen molar-refractivity contribution in [3.63, 3.8) is 0 Å². The van der Waals surface area contributed by atoms with E-state index in [1.54, 1.807) is 13.0 Å². The molecule has 27 valence electrons. The molecule has 0 aliphatic heterocycles. The summed E-state index contributed by atoms with van der Waals surface area (Å²) in [6.45, 7) is 1.54. The zero-order valence-electron chi connectivity index (χ0n) is 2.83. The van der Waals surface area contributed by atoms with E-state index < -0.39 is 0 Å². The maximum Gasteiger partial charge on any atom is 0.160 e. The van der Waals surface area contributed by atoms with E-state index in [0.717, 1.165) is 0 Å². The summed E-state index contributed by atoms with van der Waals surface area (Å²) in [4.78, 5) is 0. The Balaban J connectivity index is 2.94. The molecule has 0 fully saturated rings. The van der Waals surface area contributed by atoms with Gasteiger partial charge in [0.2, 0.25) is 0 Å². The van der Waals surface area contributed by atoms with Gasteiger partial charge < -0.3 is 0 Å². The molecule has 0 aliphatic carbocycles. The SMILES string of the molecule is C[C](Cl)C#N. The lowest BCUT2D eigenvalue weighted by atomic mass is 10.6. The highest BCUT2D eigenvalue weighted by atomic mass is 35.5. The van der Waals surface area contributed by atoms with Gasteiger partial charge in [-0.2, -0.15) is 5.26 Å². The van der Waals surface area contributed by atoms with Crippen LogP contribution in [0.15, 0.2) is 0 Å². The molecule has 0 saturated heterocycles. The highest BCUT2D eigenvalue weighted by Gasteiger charge is 1.84. The molecule has 0 rings (SSSR count). The molecule has 1 radical (unpaired) electrons. The van der Waals surface area contributed by atoms with E-state index >= 15 is 0 Å². The summed E-state index contributed by atoms with van der Waals surface area (Å²) in [6, 6.07) is 1.71. The van der Waals surface area contributed by atoms with Gasteiger partial charge in [0.05, 0.1) is 6.07 Å². The van der Waals surface area contributed by atoms with Crippen LogP contribution in [0.25, 0.3) is 0 Å². The van der Waals surface area contributed by atoms with Crippen LogP contribution in [-0.2, 0) is 0 Å². The maximum absolute atomic E-state index is 7.72. The lowest BCUT2D eigenvalue weighted by Crippen LogP contribution is -1.62. The van der Waals surface area contributed by atoms with Gasteiger partial charge >= 0.3 is 0 Å². The van der Waals surface area contributed by atoms with Crippen molar-refractivity contribution >= 4 is 11.6 Å². The molecule has 0 saturated carbocycles. The molecule has 1 nitrogen and oxygen atoms in total. The number of hydrogen-bond donors (Lipinski definition) is 0. The van der Waals surface area contributed by atoms with E-state index in [9.17, 15) is 0 Å². The van der Waals surface area contributed by atoms with Gasteiger partial charge in [0, 0.05) is 0 Å². The lowest BCUT2D eigenvalue weighted by molar-refractivity contribution is 1.41. The van der Waals surface area contributed by atoms with Crippen LogP contribution in [0, 0.1) is 16.7 Å². The first-order valence-electron chi connectivity index (χ1n) is 1.16. The molecule has 0 unspecified atom stereocenters. The van der Waals surface area contributed by atoms with Gasteiger partial charge in [-0.25, -0.2) is 0 Å². The fourth-order valence-corrected chi connectivity index (χ4v) is 0. The molecule has 0 aromatic carbocycles. The second-order valence-electron chi connectivity index (χ2n) is 0.645. The third kappa shape index (κ3) is 3.78. The van der Waals surface area contributed by atoms with Crippen molar-refractivity contribution in [3.05, 3.63) is 5.38 Å². The minimum atomic E-state index is 0.282. The Labute approximate surface area is 36.2 Å². The van der Waals surface area contributed by atoms with Crippen LogP contribution >= 0.6 is 11.6 Å². The summed E-state index contributed by atoms with van der Waals surface area (Å²) in [6.07, 6.45) is 0. The van der Waals surface area contributed by atoms with Crippen molar-refractivity contribution in [2.75, 3.05) is 0 Å². The van der Waals surface area contributed by atoms with Crippen LogP contribution in [0.1, 0.15) is 6.92 Å². The van der Waals surface area contributed by atoms with Gasteiger partial charge in [-0.05, 0) is 6.92 Å². The molecular weight excluding hydrogens is 85.5 g/mol. The Kier molecular flexibility index (Phi) is 1.95. The second-order valence-corrected chi connectivity index (χ2v) is 1.21. The number of hydrogen-bond acceptors (Lipinski definition) is 1. The molecule has 0 aromatic heterocycles. The van der Waals surface area contributed by atoms with Crippen molar-refractivity contribution in [2.45, 2.75) is 6.92 Å². The average molecular weight is 88.5 g/mol. The van der Waals surface area contributed by atoms with E-state index in [0.29, 0.717) is 0 Å². The van der Waals surface area contributed by atoms with Crippen LogP contribution in [0.5, 0.6) is 0 Å². The molecule has 0 aromatic rings. The first-order chi connectivity index (χ1) is 2.27. The molecule has 0 aliphatic rings. The largest absolute Gasteiger partial charge is 0.196 e. The Morgan fingerprint density at radius 2 is 2.20 bits per heavy atom. The Bertz CT molecular complexity index is 52.4. The number of rotatable bonds is 0. The normalized spacial score (nSPS) is 7.60. The molecule has 0 bridgehead atoms. The zero-order valence-corrected chi connectivity index (χ0v) is 3.58. The molecule has 2 heteroatoms. The summed E-state index contributed by atoms with van der Waals surface area (Å²) < 4.78 is 0. The van der Waals surface area contributed by atoms with Crippen LogP contribution in [0.3, 0.4) is 0 Å². The second kappa shape index (κ2) is 2.04. The van der Waals surface area contributed by atoms with Crippen molar-refractivity contribution < 1.29 is 0 Å². The van der Waals surface area contributed by atoms with Crippen LogP contribution in [-0.4, -0.2) is 0 Å². The monoisotopic (exact) mass is 88.0 g/mol. The topological polar surface area (TPSA) is 23.8 Å². The predicted molar refractivity (Wildman–Crippen MR) is 20.4 cm³/mol. The van der Waals surface area contributed by atoms with Gasteiger partial charge in [-0.15, -0.1) is 0 Å². The van der Waals surface area contributed by atoms with Crippen molar-refractivity contribution in [1.29, 1.82) is 5.26 Å². The molecule has 0 spiro atoms. The van der Waals surface area contributed by atoms with E-state index in [2.05, 4.69) is 0 Å². The maximum atomic E-state index is 7.72. The first kappa shape index (κ1) is 4.78. The smallest absolute Gasteiger partial charge is 0.160 e. The number of halogens is 1. The third-order valence-electron chi connectivity index (χ3n) is 0.154. The summed E-state index contributed by atoms with van der Waals surface area (Å²) in [5.74, 6) is 0. The van der Waals surface area contributed by atoms with Crippen LogP contribution in [0.4, 0.5) is 0 Å². The highest BCUT2D eigenvalue weighted by molar-refractivity contribution is 6.28. The molecule has 0 amide bonds. The van der Waals surface area contributed by atoms with E-state index in [1.807, 2.05) is 0 Å². The lowest BCUT2D eigenvalue weighted by Gasteiger charge is -1.70. The van der Waals surface area contributed by atoms with Crippen LogP contribution in [0.2, 0.25) is 0 Å². The van der Waals surface area contributed by atoms with E-state index in [-0.39, 0.29) is 5.38 Å². The molecule has 0 heterocycles. The minimum absolute atomic E-state index is 0.282. The third-order valence-corrected chi connectivity index (χ3v) is 0.239. The van der Waals surface area contributed by atoms with Crippen LogP contribution < -0.4 is 0 Å². The molecule has 0 atom stereocenters. The van der Waals surface area contributed by atoms with Gasteiger partial charge in [-0.3, -0.25) is 0 Å². The van der Waals surface area contributed by atoms with Gasteiger partial charge in [0.1, 0.15) is 0 Å². The Morgan fingerprint density at radius 3 is 2.20 bits per heavy atom. The summed E-state index contributed by atoms with van der Waals surface area (Å²) in [5, 5.41) is 8.01. The summed E-state index contributed by atoms with van der Waals surface area (Å²) >= 11 is 5.02. The van der Waals surface area contributed by atoms with Crippen molar-refractivity contribution in [2.24, 2.45) is 0 Å². The van der Waals surface area contributed by atoms with Gasteiger partial charge in [-0.1, -0.05) is 11.6 Å². The summed E-state index contributed by atoms with van der Waals surface area (Å²) in [5.41, 5.74) is 0. The Morgan fingerprint density at radius 1 is 2.00 bits per heavy atom. The van der Waals surface area contributed by atoms with Crippen molar-refractivity contribution in [3.8, 4) is 6.07 Å². The van der Waals surface area contributed by atoms with Crippen molar-refractivity contribution in [1.82, 2.24) is 0 Å². The number of nitrogens with zero attached hydrogens (tertiary/aromatic N) is 1. The first-order valence-corrected chi connectivity index (χ1v) is 1.54. The average Bonchev–Trinajstić information content (AvgIpc) is 1.38. The standard InChI is InChI=1S/C3H3ClN/c1-3(4)2-5/h1H3. The molecule has 0 N–H and O–H groups in total. The highest BCUT2D eigenvalue weighted by Crippen LogP contribution is 1.97. The predicted octanol–water partition coefficient (Wildman–Crippen LogP) is 1.30. The van der Waals surface area contributed by atoms with Gasteiger partial charge in [0.25, 0.3) is 0 Å². The molecular formula is C3H3ClN. The van der Waals surface area contributed by atoms with E-state index in [4.69, 9.17) is 16.9 Å². The van der Waals surface area contributed by atoms with E-state index in [1.165, 1.54) is 0 Å². The minimum Gasteiger partial charge on any atom is -0.196 e. The fourth-order valence-electron chi connectivity index (χ4n) is 0. The molecule has 5 heavy (non-hydrogen) atoms. The zero-order chi connectivity index (χ0) is 4.28. The quantitative estimate of drug-likeness (QED) is 0.438. The fraction of sp³-hybridized carbons (Fsp3) is 0.333. The summed E-state index contributed by atoms with van der Waals surface area (Å²) in [7, 11) is 0.